The smallest absolute Gasteiger partial charge is 0.410 e. The molecule has 0 bridgehead atoms. The molecule has 1 aromatic heterocycles. The van der Waals surface area contributed by atoms with Crippen molar-refractivity contribution in [1.82, 2.24) is 14.9 Å². The predicted octanol–water partition coefficient (Wildman–Crippen LogP) is 2.64. The number of nitro groups is 1. The molecule has 1 aliphatic heterocycles. The Kier molecular flexibility index (Phi) is 5.04. The number of non-ortho nitro benzene ring substituents is 1. The number of H-pyrrole nitrogens is 1. The molecule has 11 heteroatoms. The number of amides is 1. The number of nitrogens with one attached hydrogen (secondary N) is 1. The standard InChI is InChI=1S/C17H22N4O6S/c1-17(2,3)27-16(22)20-8-4-5-12(10-20)28(25,26)15-18-13-7-6-11(21(23)24)9-14(13)19-15/h6-7,9,12H,4-5,8,10H2,1-3H3,(H,18,19). The highest BCUT2D eigenvalue weighted by atomic mass is 32.2. The fourth-order valence-corrected chi connectivity index (χ4v) is 4.71. The minimum Gasteiger partial charge on any atom is -0.444 e. The third kappa shape index (κ3) is 4.08. The maximum absolute atomic E-state index is 13.0. The van der Waals surface area contributed by atoms with Gasteiger partial charge in [-0.15, -0.1) is 0 Å². The summed E-state index contributed by atoms with van der Waals surface area (Å²) in [7, 11) is -3.85. The van der Waals surface area contributed by atoms with E-state index in [0.29, 0.717) is 24.9 Å². The minimum atomic E-state index is -3.85. The Balaban J connectivity index is 1.84. The van der Waals surface area contributed by atoms with E-state index in [1.54, 1.807) is 20.8 Å². The molecule has 0 saturated carbocycles. The first kappa shape index (κ1) is 20.1. The Bertz CT molecular complexity index is 1020. The average Bonchev–Trinajstić information content (AvgIpc) is 3.04. The zero-order chi connectivity index (χ0) is 20.7. The van der Waals surface area contributed by atoms with E-state index in [4.69, 9.17) is 4.74 Å². The molecule has 28 heavy (non-hydrogen) atoms. The molecule has 1 atom stereocenters. The summed E-state index contributed by atoms with van der Waals surface area (Å²) in [6, 6.07) is 3.91. The van der Waals surface area contributed by atoms with Gasteiger partial charge in [-0.25, -0.2) is 18.2 Å². The number of piperidine rings is 1. The number of ether oxygens (including phenoxy) is 1. The highest BCUT2D eigenvalue weighted by Gasteiger charge is 2.37. The molecule has 1 aliphatic rings. The summed E-state index contributed by atoms with van der Waals surface area (Å²) in [5, 5.41) is 9.82. The number of benzene rings is 1. The number of aromatic amines is 1. The van der Waals surface area contributed by atoms with Gasteiger partial charge >= 0.3 is 6.09 Å². The largest absolute Gasteiger partial charge is 0.444 e. The first-order chi connectivity index (χ1) is 13.0. The van der Waals surface area contributed by atoms with Crippen molar-refractivity contribution in [3.63, 3.8) is 0 Å². The number of sulfone groups is 1. The third-order valence-corrected chi connectivity index (χ3v) is 6.39. The molecule has 0 aliphatic carbocycles. The summed E-state index contributed by atoms with van der Waals surface area (Å²) >= 11 is 0. The molecule has 1 N–H and O–H groups in total. The zero-order valence-corrected chi connectivity index (χ0v) is 16.7. The lowest BCUT2D eigenvalue weighted by Crippen LogP contribution is -2.47. The van der Waals surface area contributed by atoms with Crippen LogP contribution < -0.4 is 0 Å². The third-order valence-electron chi connectivity index (χ3n) is 4.39. The lowest BCUT2D eigenvalue weighted by Gasteiger charge is -2.33. The molecular formula is C17H22N4O6S. The number of fused-ring (bicyclic) bond motifs is 1. The van der Waals surface area contributed by atoms with Crippen molar-refractivity contribution in [2.45, 2.75) is 49.6 Å². The molecule has 10 nitrogen and oxygen atoms in total. The van der Waals surface area contributed by atoms with Gasteiger partial charge in [0.2, 0.25) is 15.0 Å². The van der Waals surface area contributed by atoms with Crippen LogP contribution in [0.2, 0.25) is 0 Å². The second kappa shape index (κ2) is 7.04. The van der Waals surface area contributed by atoms with Gasteiger partial charge in [0, 0.05) is 25.2 Å². The number of hydrogen-bond acceptors (Lipinski definition) is 7. The number of carbonyl (C=O) groups excluding carboxylic acids is 1. The molecule has 1 fully saturated rings. The molecule has 1 amide bonds. The first-order valence-corrected chi connectivity index (χ1v) is 10.4. The quantitative estimate of drug-likeness (QED) is 0.607. The fraction of sp³-hybridized carbons (Fsp3) is 0.529. The van der Waals surface area contributed by atoms with Crippen LogP contribution in [0.25, 0.3) is 11.0 Å². The monoisotopic (exact) mass is 410 g/mol. The Morgan fingerprint density at radius 2 is 2.11 bits per heavy atom. The van der Waals surface area contributed by atoms with Gasteiger partial charge in [-0.3, -0.25) is 10.1 Å². The molecule has 3 rings (SSSR count). The lowest BCUT2D eigenvalue weighted by molar-refractivity contribution is -0.384. The lowest BCUT2D eigenvalue weighted by atomic mass is 10.1. The summed E-state index contributed by atoms with van der Waals surface area (Å²) in [5.74, 6) is 0. The molecule has 1 aromatic carbocycles. The normalized spacial score (nSPS) is 18.2. The number of carbonyl (C=O) groups is 1. The van der Waals surface area contributed by atoms with Gasteiger partial charge in [0.1, 0.15) is 5.60 Å². The van der Waals surface area contributed by atoms with Crippen LogP contribution in [0, 0.1) is 10.1 Å². The molecule has 1 saturated heterocycles. The Labute approximate surface area is 161 Å². The Morgan fingerprint density at radius 3 is 2.75 bits per heavy atom. The van der Waals surface area contributed by atoms with Crippen LogP contribution in [0.1, 0.15) is 33.6 Å². The van der Waals surface area contributed by atoms with E-state index in [1.807, 2.05) is 0 Å². The maximum Gasteiger partial charge on any atom is 0.410 e. The summed E-state index contributed by atoms with van der Waals surface area (Å²) < 4.78 is 31.4. The van der Waals surface area contributed by atoms with Crippen LogP contribution in [-0.2, 0) is 14.6 Å². The summed E-state index contributed by atoms with van der Waals surface area (Å²) in [4.78, 5) is 30.8. The number of likely N-dealkylation sites (tertiary alicyclic amines) is 1. The van der Waals surface area contributed by atoms with Crippen molar-refractivity contribution in [2.24, 2.45) is 0 Å². The van der Waals surface area contributed by atoms with E-state index in [-0.39, 0.29) is 22.9 Å². The maximum atomic E-state index is 13.0. The van der Waals surface area contributed by atoms with Crippen molar-refractivity contribution in [3.05, 3.63) is 28.3 Å². The van der Waals surface area contributed by atoms with Gasteiger partial charge in [-0.2, -0.15) is 0 Å². The number of aromatic nitrogens is 2. The predicted molar refractivity (Wildman–Crippen MR) is 101 cm³/mol. The first-order valence-electron chi connectivity index (χ1n) is 8.83. The van der Waals surface area contributed by atoms with Crippen molar-refractivity contribution in [1.29, 1.82) is 0 Å². The van der Waals surface area contributed by atoms with Gasteiger partial charge in [0.25, 0.3) is 5.69 Å². The molecule has 2 aromatic rings. The number of nitro benzene ring substituents is 1. The topological polar surface area (TPSA) is 136 Å². The van der Waals surface area contributed by atoms with Crippen molar-refractivity contribution >= 4 is 32.7 Å². The zero-order valence-electron chi connectivity index (χ0n) is 15.8. The van der Waals surface area contributed by atoms with Crippen molar-refractivity contribution < 1.29 is 22.9 Å². The van der Waals surface area contributed by atoms with Crippen LogP contribution in [0.3, 0.4) is 0 Å². The van der Waals surface area contributed by atoms with E-state index in [9.17, 15) is 23.3 Å². The summed E-state index contributed by atoms with van der Waals surface area (Å²) in [6.07, 6.45) is 0.362. The second-order valence-corrected chi connectivity index (χ2v) is 9.88. The molecule has 1 unspecified atom stereocenters. The van der Waals surface area contributed by atoms with Crippen molar-refractivity contribution in [3.8, 4) is 0 Å². The number of hydrogen-bond donors (Lipinski definition) is 1. The molecule has 152 valence electrons. The van der Waals surface area contributed by atoms with Crippen LogP contribution in [0.5, 0.6) is 0 Å². The van der Waals surface area contributed by atoms with E-state index >= 15 is 0 Å². The van der Waals surface area contributed by atoms with Gasteiger partial charge in [-0.1, -0.05) is 0 Å². The summed E-state index contributed by atoms with van der Waals surface area (Å²) in [5.41, 5.74) is -0.235. The molecule has 0 spiro atoms. The fourth-order valence-electron chi connectivity index (χ4n) is 3.06. The molecular weight excluding hydrogens is 388 g/mol. The Morgan fingerprint density at radius 1 is 1.39 bits per heavy atom. The molecule has 2 heterocycles. The van der Waals surface area contributed by atoms with Gasteiger partial charge in [0.05, 0.1) is 21.2 Å². The van der Waals surface area contributed by atoms with E-state index in [1.165, 1.54) is 23.1 Å². The number of nitrogens with zero attached hydrogens (tertiary/aromatic N) is 3. The second-order valence-electron chi connectivity index (χ2n) is 7.74. The van der Waals surface area contributed by atoms with Crippen molar-refractivity contribution in [2.75, 3.05) is 13.1 Å². The van der Waals surface area contributed by atoms with Gasteiger partial charge in [-0.05, 0) is 39.7 Å². The van der Waals surface area contributed by atoms with E-state index in [0.717, 1.165) is 0 Å². The van der Waals surface area contributed by atoms with Crippen LogP contribution in [0.4, 0.5) is 10.5 Å². The SMILES string of the molecule is CC(C)(C)OC(=O)N1CCCC(S(=O)(=O)c2nc3ccc([N+](=O)[O-])cc3[nH]2)C1. The van der Waals surface area contributed by atoms with Crippen LogP contribution in [0.15, 0.2) is 23.4 Å². The van der Waals surface area contributed by atoms with Gasteiger partial charge in [0.15, 0.2) is 0 Å². The van der Waals surface area contributed by atoms with Crippen LogP contribution >= 0.6 is 0 Å². The van der Waals surface area contributed by atoms with E-state index < -0.39 is 31.7 Å². The number of imidazole rings is 1. The minimum absolute atomic E-state index is 0.00837. The highest BCUT2D eigenvalue weighted by molar-refractivity contribution is 7.91. The molecule has 0 radical (unpaired) electrons. The Hall–Kier alpha value is -2.69. The summed E-state index contributed by atoms with van der Waals surface area (Å²) in [6.45, 7) is 5.67. The van der Waals surface area contributed by atoms with Crippen LogP contribution in [-0.4, -0.2) is 58.2 Å². The number of rotatable bonds is 3. The van der Waals surface area contributed by atoms with E-state index in [2.05, 4.69) is 9.97 Å². The average molecular weight is 410 g/mol. The van der Waals surface area contributed by atoms with Gasteiger partial charge < -0.3 is 14.6 Å². The highest BCUT2D eigenvalue weighted by Crippen LogP contribution is 2.26.